The molecule has 0 unspecified atom stereocenters. The molecule has 2 aliphatic rings. The van der Waals surface area contributed by atoms with Crippen molar-refractivity contribution in [2.45, 2.75) is 39.2 Å². The normalized spacial score (nSPS) is 26.8. The second-order valence-electron chi connectivity index (χ2n) is 7.62. The van der Waals surface area contributed by atoms with Gasteiger partial charge >= 0.3 is 0 Å². The van der Waals surface area contributed by atoms with Crippen LogP contribution in [0.15, 0.2) is 22.7 Å². The first-order valence-corrected chi connectivity index (χ1v) is 10.3. The van der Waals surface area contributed by atoms with Gasteiger partial charge in [-0.25, -0.2) is 4.42 Å². The lowest BCUT2D eigenvalue weighted by molar-refractivity contribution is -0.119. The molecule has 0 bridgehead atoms. The standard InChI is InChI=1S/C19H25BrClN3O2/c1-12-8-13(2)11-23(10-12)19(26)15-9-14(20)5-6-16(15)22-18(25)17-4-3-7-24(17)21/h5-6,9,12-13,17H,3-4,7-8,10-11H2,1-2H3,(H,22,25)/t12-,13+,17-/m0/s1. The van der Waals surface area contributed by atoms with Crippen LogP contribution >= 0.6 is 27.7 Å². The molecule has 2 aliphatic heterocycles. The van der Waals surface area contributed by atoms with Crippen molar-refractivity contribution < 1.29 is 9.59 Å². The molecule has 1 aromatic carbocycles. The van der Waals surface area contributed by atoms with Crippen LogP contribution in [0.3, 0.4) is 0 Å². The third kappa shape index (κ3) is 4.41. The molecule has 0 saturated carbocycles. The molecule has 26 heavy (non-hydrogen) atoms. The number of piperidine rings is 1. The van der Waals surface area contributed by atoms with E-state index in [0.717, 1.165) is 36.8 Å². The molecule has 1 aromatic rings. The lowest BCUT2D eigenvalue weighted by Crippen LogP contribution is -2.43. The monoisotopic (exact) mass is 441 g/mol. The van der Waals surface area contributed by atoms with Gasteiger partial charge in [-0.1, -0.05) is 29.8 Å². The molecule has 142 valence electrons. The van der Waals surface area contributed by atoms with Crippen LogP contribution in [-0.4, -0.2) is 46.8 Å². The van der Waals surface area contributed by atoms with E-state index in [1.165, 1.54) is 0 Å². The fourth-order valence-electron chi connectivity index (χ4n) is 4.01. The Kier molecular flexibility index (Phi) is 6.25. The molecule has 3 atom stereocenters. The van der Waals surface area contributed by atoms with Crippen molar-refractivity contribution in [3.63, 3.8) is 0 Å². The Morgan fingerprint density at radius 1 is 1.23 bits per heavy atom. The molecule has 0 aromatic heterocycles. The van der Waals surface area contributed by atoms with Crippen molar-refractivity contribution in [2.75, 3.05) is 25.0 Å². The fourth-order valence-corrected chi connectivity index (χ4v) is 4.67. The maximum absolute atomic E-state index is 13.1. The molecule has 5 nitrogen and oxygen atoms in total. The number of hydrogen-bond donors (Lipinski definition) is 1. The second-order valence-corrected chi connectivity index (χ2v) is 8.97. The van der Waals surface area contributed by atoms with Crippen LogP contribution in [0, 0.1) is 11.8 Å². The Labute approximate surface area is 168 Å². The second kappa shape index (κ2) is 8.28. The highest BCUT2D eigenvalue weighted by Crippen LogP contribution is 2.28. The van der Waals surface area contributed by atoms with Crippen LogP contribution in [0.4, 0.5) is 5.69 Å². The fraction of sp³-hybridized carbons (Fsp3) is 0.579. The van der Waals surface area contributed by atoms with Crippen LogP contribution in [0.5, 0.6) is 0 Å². The average molecular weight is 443 g/mol. The van der Waals surface area contributed by atoms with Crippen LogP contribution in [0.2, 0.25) is 0 Å². The van der Waals surface area contributed by atoms with E-state index in [2.05, 4.69) is 35.1 Å². The van der Waals surface area contributed by atoms with Crippen molar-refractivity contribution in [1.29, 1.82) is 0 Å². The van der Waals surface area contributed by atoms with Crippen molar-refractivity contribution in [1.82, 2.24) is 9.32 Å². The minimum absolute atomic E-state index is 0.0332. The summed E-state index contributed by atoms with van der Waals surface area (Å²) in [5.41, 5.74) is 1.07. The summed E-state index contributed by atoms with van der Waals surface area (Å²) in [5, 5.41) is 2.92. The zero-order chi connectivity index (χ0) is 18.8. The molecule has 1 N–H and O–H groups in total. The van der Waals surface area contributed by atoms with E-state index >= 15 is 0 Å². The van der Waals surface area contributed by atoms with Gasteiger partial charge in [0.25, 0.3) is 5.91 Å². The van der Waals surface area contributed by atoms with Gasteiger partial charge in [0.1, 0.15) is 6.04 Å². The van der Waals surface area contributed by atoms with E-state index in [1.54, 1.807) is 16.6 Å². The number of carbonyl (C=O) groups excluding carboxylic acids is 2. The van der Waals surface area contributed by atoms with Gasteiger partial charge in [-0.05, 0) is 61.1 Å². The SMILES string of the molecule is C[C@@H]1C[C@H](C)CN(C(=O)c2cc(Br)ccc2NC(=O)[C@@H]2CCCN2Cl)C1. The first-order chi connectivity index (χ1) is 12.3. The predicted molar refractivity (Wildman–Crippen MR) is 107 cm³/mol. The van der Waals surface area contributed by atoms with E-state index in [4.69, 9.17) is 11.8 Å². The van der Waals surface area contributed by atoms with Crippen LogP contribution < -0.4 is 5.32 Å². The highest BCUT2D eigenvalue weighted by molar-refractivity contribution is 9.10. The summed E-state index contributed by atoms with van der Waals surface area (Å²) in [4.78, 5) is 27.6. The molecule has 7 heteroatoms. The number of anilines is 1. The highest BCUT2D eigenvalue weighted by atomic mass is 79.9. The molecule has 0 spiro atoms. The summed E-state index contributed by atoms with van der Waals surface area (Å²) in [6.07, 6.45) is 2.77. The van der Waals surface area contributed by atoms with Gasteiger partial charge in [-0.2, -0.15) is 0 Å². The summed E-state index contributed by atoms with van der Waals surface area (Å²) in [6, 6.07) is 5.05. The summed E-state index contributed by atoms with van der Waals surface area (Å²) in [5.74, 6) is 0.774. The minimum Gasteiger partial charge on any atom is -0.338 e. The molecule has 3 rings (SSSR count). The van der Waals surface area contributed by atoms with Crippen LogP contribution in [0.1, 0.15) is 43.5 Å². The van der Waals surface area contributed by atoms with Crippen LogP contribution in [0.25, 0.3) is 0 Å². The van der Waals surface area contributed by atoms with Gasteiger partial charge in [0.05, 0.1) is 11.3 Å². The highest BCUT2D eigenvalue weighted by Gasteiger charge is 2.31. The largest absolute Gasteiger partial charge is 0.338 e. The van der Waals surface area contributed by atoms with E-state index in [9.17, 15) is 9.59 Å². The van der Waals surface area contributed by atoms with Crippen molar-refractivity contribution in [2.24, 2.45) is 11.8 Å². The molecule has 2 fully saturated rings. The Morgan fingerprint density at radius 2 is 1.92 bits per heavy atom. The maximum Gasteiger partial charge on any atom is 0.256 e. The third-order valence-corrected chi connectivity index (χ3v) is 6.01. The number of amides is 2. The van der Waals surface area contributed by atoms with E-state index in [1.807, 2.05) is 11.0 Å². The smallest absolute Gasteiger partial charge is 0.256 e. The van der Waals surface area contributed by atoms with Crippen molar-refractivity contribution in [3.05, 3.63) is 28.2 Å². The molecular weight excluding hydrogens is 418 g/mol. The molecular formula is C19H25BrClN3O2. The predicted octanol–water partition coefficient (Wildman–Crippen LogP) is 4.12. The third-order valence-electron chi connectivity index (χ3n) is 5.12. The van der Waals surface area contributed by atoms with Gasteiger partial charge in [-0.15, -0.1) is 0 Å². The molecule has 2 heterocycles. The Bertz CT molecular complexity index is 689. The first-order valence-electron chi connectivity index (χ1n) is 9.17. The lowest BCUT2D eigenvalue weighted by Gasteiger charge is -2.35. The minimum atomic E-state index is -0.349. The summed E-state index contributed by atoms with van der Waals surface area (Å²) in [6.45, 7) is 6.56. The van der Waals surface area contributed by atoms with Crippen LogP contribution in [-0.2, 0) is 4.79 Å². The Hall–Kier alpha value is -1.11. The van der Waals surface area contributed by atoms with Gasteiger partial charge in [0.2, 0.25) is 5.91 Å². The number of rotatable bonds is 3. The maximum atomic E-state index is 13.1. The van der Waals surface area contributed by atoms with Crippen molar-refractivity contribution in [3.8, 4) is 0 Å². The van der Waals surface area contributed by atoms with E-state index < -0.39 is 0 Å². The number of carbonyl (C=O) groups is 2. The van der Waals surface area contributed by atoms with Gasteiger partial charge < -0.3 is 10.2 Å². The van der Waals surface area contributed by atoms with E-state index in [0.29, 0.717) is 29.6 Å². The first kappa shape index (κ1) is 19.6. The quantitative estimate of drug-likeness (QED) is 0.716. The Balaban J connectivity index is 1.81. The number of benzene rings is 1. The van der Waals surface area contributed by atoms with Crippen molar-refractivity contribution >= 4 is 45.2 Å². The molecule has 0 aliphatic carbocycles. The zero-order valence-corrected chi connectivity index (χ0v) is 17.5. The Morgan fingerprint density at radius 3 is 2.54 bits per heavy atom. The topological polar surface area (TPSA) is 52.7 Å². The molecule has 2 saturated heterocycles. The molecule has 2 amide bonds. The number of nitrogens with zero attached hydrogens (tertiary/aromatic N) is 2. The van der Waals surface area contributed by atoms with Gasteiger partial charge in [-0.3, -0.25) is 9.59 Å². The summed E-state index contributed by atoms with van der Waals surface area (Å²) >= 11 is 9.55. The number of likely N-dealkylation sites (tertiary alicyclic amines) is 1. The number of halogens is 2. The average Bonchev–Trinajstić information content (AvgIpc) is 3.01. The van der Waals surface area contributed by atoms with Gasteiger partial charge in [0.15, 0.2) is 0 Å². The lowest BCUT2D eigenvalue weighted by atomic mass is 9.91. The number of hydrogen-bond acceptors (Lipinski definition) is 3. The molecule has 0 radical (unpaired) electrons. The zero-order valence-electron chi connectivity index (χ0n) is 15.2. The summed E-state index contributed by atoms with van der Waals surface area (Å²) in [7, 11) is 0. The number of nitrogens with one attached hydrogen (secondary N) is 1. The van der Waals surface area contributed by atoms with E-state index in [-0.39, 0.29) is 17.9 Å². The summed E-state index contributed by atoms with van der Waals surface area (Å²) < 4.78 is 2.36. The van der Waals surface area contributed by atoms with Gasteiger partial charge in [0, 0.05) is 24.1 Å².